The quantitative estimate of drug-likeness (QED) is 0.321. The third kappa shape index (κ3) is 4.01. The van der Waals surface area contributed by atoms with E-state index in [1.165, 1.54) is 12.1 Å². The topological polar surface area (TPSA) is 75.9 Å². The number of thiocarbonyl (C=S) groups is 1. The van der Waals surface area contributed by atoms with E-state index in [1.54, 1.807) is 47.2 Å². The summed E-state index contributed by atoms with van der Waals surface area (Å²) in [5.74, 6) is 0.520. The Hall–Kier alpha value is -3.26. The van der Waals surface area contributed by atoms with E-state index in [1.807, 2.05) is 19.1 Å². The second-order valence-electron chi connectivity index (χ2n) is 6.21. The lowest BCUT2D eigenvalue weighted by molar-refractivity contribution is -0.384. The molecule has 0 aromatic heterocycles. The van der Waals surface area contributed by atoms with Gasteiger partial charge in [0.05, 0.1) is 4.92 Å². The fraction of sp³-hybridized carbons (Fsp3) is 0.200. The summed E-state index contributed by atoms with van der Waals surface area (Å²) in [7, 11) is 1.78. The Morgan fingerprint density at radius 2 is 1.93 bits per heavy atom. The number of amides is 1. The molecule has 1 fully saturated rings. The molecule has 0 spiro atoms. The van der Waals surface area contributed by atoms with Crippen molar-refractivity contribution < 1.29 is 14.5 Å². The van der Waals surface area contributed by atoms with Crippen LogP contribution in [0.25, 0.3) is 6.08 Å². The van der Waals surface area contributed by atoms with Crippen molar-refractivity contribution in [2.24, 2.45) is 0 Å². The Morgan fingerprint density at radius 3 is 2.54 bits per heavy atom. The lowest BCUT2D eigenvalue weighted by Crippen LogP contribution is -2.30. The van der Waals surface area contributed by atoms with Crippen molar-refractivity contribution in [2.45, 2.75) is 13.5 Å². The number of nitro groups is 1. The van der Waals surface area contributed by atoms with Crippen LogP contribution in [0.1, 0.15) is 18.1 Å². The average Bonchev–Trinajstić information content (AvgIpc) is 2.90. The van der Waals surface area contributed by atoms with Crippen LogP contribution < -0.4 is 4.74 Å². The number of hydrogen-bond acceptors (Lipinski definition) is 5. The normalized spacial score (nSPS) is 15.4. The van der Waals surface area contributed by atoms with Gasteiger partial charge in [-0.2, -0.15) is 0 Å². The van der Waals surface area contributed by atoms with Gasteiger partial charge in [0.15, 0.2) is 5.11 Å². The standard InChI is InChI=1S/C20H19N3O4S/c1-3-22-19(24)18(21(2)20(22)28)12-14-7-9-17(10-8-14)27-13-15-5-4-6-16(11-15)23(25)26/h4-12H,3,13H2,1-2H3. The van der Waals surface area contributed by atoms with E-state index < -0.39 is 4.92 Å². The van der Waals surface area contributed by atoms with Crippen molar-refractivity contribution in [2.75, 3.05) is 13.6 Å². The first-order chi connectivity index (χ1) is 13.4. The number of non-ortho nitro benzene ring substituents is 1. The first-order valence-electron chi connectivity index (χ1n) is 8.68. The number of ether oxygens (including phenoxy) is 1. The first kappa shape index (κ1) is 19.5. The Morgan fingerprint density at radius 1 is 1.21 bits per heavy atom. The molecule has 0 saturated carbocycles. The second-order valence-corrected chi connectivity index (χ2v) is 6.57. The minimum absolute atomic E-state index is 0.0347. The predicted octanol–water partition coefficient (Wildman–Crippen LogP) is 3.59. The Labute approximate surface area is 168 Å². The number of benzene rings is 2. The van der Waals surface area contributed by atoms with Gasteiger partial charge in [0.25, 0.3) is 11.6 Å². The molecule has 1 saturated heterocycles. The Kier molecular flexibility index (Phi) is 5.70. The number of carbonyl (C=O) groups excluding carboxylic acids is 1. The molecule has 0 atom stereocenters. The number of nitro benzene ring substituents is 1. The van der Waals surface area contributed by atoms with E-state index in [2.05, 4.69) is 0 Å². The van der Waals surface area contributed by atoms with Gasteiger partial charge in [-0.25, -0.2) is 0 Å². The van der Waals surface area contributed by atoms with Crippen molar-refractivity contribution in [3.05, 3.63) is 75.5 Å². The highest BCUT2D eigenvalue weighted by molar-refractivity contribution is 7.80. The van der Waals surface area contributed by atoms with E-state index in [9.17, 15) is 14.9 Å². The van der Waals surface area contributed by atoms with Crippen LogP contribution in [0.5, 0.6) is 5.75 Å². The van der Waals surface area contributed by atoms with Gasteiger partial charge in [-0.1, -0.05) is 24.3 Å². The molecule has 0 unspecified atom stereocenters. The number of carbonyl (C=O) groups is 1. The molecule has 7 nitrogen and oxygen atoms in total. The number of rotatable bonds is 6. The maximum atomic E-state index is 12.4. The van der Waals surface area contributed by atoms with Crippen LogP contribution in [0.2, 0.25) is 0 Å². The van der Waals surface area contributed by atoms with Gasteiger partial charge >= 0.3 is 0 Å². The zero-order valence-electron chi connectivity index (χ0n) is 15.5. The monoisotopic (exact) mass is 397 g/mol. The third-order valence-corrected chi connectivity index (χ3v) is 4.86. The largest absolute Gasteiger partial charge is 0.489 e. The highest BCUT2D eigenvalue weighted by Crippen LogP contribution is 2.23. The SMILES string of the molecule is CCN1C(=O)C(=Cc2ccc(OCc3cccc([N+](=O)[O-])c3)cc2)N(C)C1=S. The summed E-state index contributed by atoms with van der Waals surface area (Å²) in [4.78, 5) is 26.1. The molecule has 28 heavy (non-hydrogen) atoms. The van der Waals surface area contributed by atoms with Gasteiger partial charge in [-0.05, 0) is 48.5 Å². The minimum atomic E-state index is -0.432. The fourth-order valence-corrected chi connectivity index (χ4v) is 3.15. The van der Waals surface area contributed by atoms with Gasteiger partial charge in [-0.3, -0.25) is 19.8 Å². The molecule has 1 aliphatic heterocycles. The van der Waals surface area contributed by atoms with Crippen LogP contribution in [0.3, 0.4) is 0 Å². The van der Waals surface area contributed by atoms with Crippen molar-refractivity contribution in [3.8, 4) is 5.75 Å². The van der Waals surface area contributed by atoms with Crippen molar-refractivity contribution in [1.29, 1.82) is 0 Å². The van der Waals surface area contributed by atoms with Gasteiger partial charge in [-0.15, -0.1) is 0 Å². The first-order valence-corrected chi connectivity index (χ1v) is 9.09. The van der Waals surface area contributed by atoms with Gasteiger partial charge in [0.2, 0.25) is 0 Å². The average molecular weight is 397 g/mol. The van der Waals surface area contributed by atoms with Gasteiger partial charge < -0.3 is 9.64 Å². The lowest BCUT2D eigenvalue weighted by atomic mass is 10.1. The highest BCUT2D eigenvalue weighted by Gasteiger charge is 2.34. The van der Waals surface area contributed by atoms with E-state index in [4.69, 9.17) is 17.0 Å². The summed E-state index contributed by atoms with van der Waals surface area (Å²) in [6, 6.07) is 13.6. The fourth-order valence-electron chi connectivity index (χ4n) is 2.83. The molecule has 144 valence electrons. The van der Waals surface area contributed by atoms with Crippen LogP contribution in [0, 0.1) is 10.1 Å². The van der Waals surface area contributed by atoms with E-state index in [-0.39, 0.29) is 18.2 Å². The van der Waals surface area contributed by atoms with E-state index >= 15 is 0 Å². The molecule has 1 aliphatic rings. The molecule has 0 aliphatic carbocycles. The molecular formula is C20H19N3O4S. The predicted molar refractivity (Wildman–Crippen MR) is 110 cm³/mol. The van der Waals surface area contributed by atoms with Crippen LogP contribution in [0.15, 0.2) is 54.2 Å². The zero-order valence-corrected chi connectivity index (χ0v) is 16.3. The molecule has 0 N–H and O–H groups in total. The Balaban J connectivity index is 1.69. The third-order valence-electron chi connectivity index (χ3n) is 4.37. The summed E-state index contributed by atoms with van der Waals surface area (Å²) in [5, 5.41) is 11.3. The summed E-state index contributed by atoms with van der Waals surface area (Å²) in [6.45, 7) is 2.64. The smallest absolute Gasteiger partial charge is 0.276 e. The molecule has 2 aromatic rings. The second kappa shape index (κ2) is 8.18. The van der Waals surface area contributed by atoms with Crippen LogP contribution >= 0.6 is 12.2 Å². The maximum Gasteiger partial charge on any atom is 0.276 e. The summed E-state index contributed by atoms with van der Waals surface area (Å²) >= 11 is 5.29. The van der Waals surface area contributed by atoms with E-state index in [0.717, 1.165) is 5.56 Å². The Bertz CT molecular complexity index is 956. The van der Waals surface area contributed by atoms with Crippen LogP contribution in [-0.4, -0.2) is 39.3 Å². The van der Waals surface area contributed by atoms with Crippen LogP contribution in [-0.2, 0) is 11.4 Å². The number of hydrogen-bond donors (Lipinski definition) is 0. The summed E-state index contributed by atoms with van der Waals surface area (Å²) in [5.41, 5.74) is 2.12. The van der Waals surface area contributed by atoms with Crippen molar-refractivity contribution in [3.63, 3.8) is 0 Å². The lowest BCUT2D eigenvalue weighted by Gasteiger charge is -2.13. The molecule has 0 radical (unpaired) electrons. The summed E-state index contributed by atoms with van der Waals surface area (Å²) < 4.78 is 5.70. The molecule has 3 rings (SSSR count). The zero-order chi connectivity index (χ0) is 20.3. The minimum Gasteiger partial charge on any atom is -0.489 e. The van der Waals surface area contributed by atoms with Gasteiger partial charge in [0, 0.05) is 25.7 Å². The maximum absolute atomic E-state index is 12.4. The molecule has 8 heteroatoms. The molecule has 1 amide bonds. The van der Waals surface area contributed by atoms with Crippen LogP contribution in [0.4, 0.5) is 5.69 Å². The molecule has 1 heterocycles. The molecule has 2 aromatic carbocycles. The van der Waals surface area contributed by atoms with Gasteiger partial charge in [0.1, 0.15) is 18.1 Å². The molecular weight excluding hydrogens is 378 g/mol. The number of likely N-dealkylation sites (N-methyl/N-ethyl adjacent to an activating group) is 2. The highest BCUT2D eigenvalue weighted by atomic mass is 32.1. The van der Waals surface area contributed by atoms with Crippen molar-refractivity contribution >= 4 is 35.0 Å². The van der Waals surface area contributed by atoms with E-state index in [0.29, 0.717) is 28.7 Å². The number of nitrogens with zero attached hydrogens (tertiary/aromatic N) is 3. The molecule has 0 bridgehead atoms. The summed E-state index contributed by atoms with van der Waals surface area (Å²) in [6.07, 6.45) is 1.79. The van der Waals surface area contributed by atoms with Crippen molar-refractivity contribution in [1.82, 2.24) is 9.80 Å².